The minimum absolute atomic E-state index is 0.0941. The monoisotopic (exact) mass is 418 g/mol. The van der Waals surface area contributed by atoms with Crippen LogP contribution in [0.5, 0.6) is 5.75 Å². The van der Waals surface area contributed by atoms with Gasteiger partial charge in [0.05, 0.1) is 17.3 Å². The second-order valence-corrected chi connectivity index (χ2v) is 8.87. The van der Waals surface area contributed by atoms with Crippen molar-refractivity contribution >= 4 is 17.3 Å². The Morgan fingerprint density at radius 1 is 1.21 bits per heavy atom. The van der Waals surface area contributed by atoms with Crippen molar-refractivity contribution in [3.05, 3.63) is 45.4 Å². The van der Waals surface area contributed by atoms with E-state index in [4.69, 9.17) is 14.5 Å². The Bertz CT molecular complexity index is 796. The van der Waals surface area contributed by atoms with Gasteiger partial charge in [-0.25, -0.2) is 4.98 Å². The van der Waals surface area contributed by atoms with Crippen molar-refractivity contribution in [2.75, 3.05) is 33.9 Å². The summed E-state index contributed by atoms with van der Waals surface area (Å²) in [5, 5.41) is 10.0. The van der Waals surface area contributed by atoms with Crippen LogP contribution < -0.4 is 15.4 Å². The number of aryl methyl sites for hydroxylation is 1. The second-order valence-electron chi connectivity index (χ2n) is 7.93. The van der Waals surface area contributed by atoms with E-state index in [9.17, 15) is 0 Å². The molecule has 0 aliphatic heterocycles. The van der Waals surface area contributed by atoms with Crippen LogP contribution in [0.2, 0.25) is 0 Å². The first-order valence-electron chi connectivity index (χ1n) is 9.94. The van der Waals surface area contributed by atoms with Gasteiger partial charge in [-0.05, 0) is 18.6 Å². The first-order chi connectivity index (χ1) is 13.8. The van der Waals surface area contributed by atoms with Gasteiger partial charge in [-0.15, -0.1) is 11.3 Å². The summed E-state index contributed by atoms with van der Waals surface area (Å²) >= 11 is 1.72. The molecule has 7 heteroatoms. The molecule has 0 aliphatic rings. The number of nitrogens with zero attached hydrogens (tertiary/aromatic N) is 2. The highest BCUT2D eigenvalue weighted by atomic mass is 32.1. The highest BCUT2D eigenvalue weighted by Crippen LogP contribution is 2.24. The smallest absolute Gasteiger partial charge is 0.191 e. The van der Waals surface area contributed by atoms with Gasteiger partial charge in [-0.1, -0.05) is 32.9 Å². The van der Waals surface area contributed by atoms with Gasteiger partial charge < -0.3 is 20.1 Å². The number of aliphatic imine (C=N–C) groups is 1. The van der Waals surface area contributed by atoms with Crippen molar-refractivity contribution in [1.82, 2.24) is 15.6 Å². The SMILES string of the molecule is CN=C(NCCc1nc(C(C)(C)C)cs1)NCc1ccc(C)cc1OCCOC. The molecule has 0 spiro atoms. The van der Waals surface area contributed by atoms with E-state index in [1.807, 2.05) is 0 Å². The van der Waals surface area contributed by atoms with Crippen LogP contribution >= 0.6 is 11.3 Å². The van der Waals surface area contributed by atoms with Crippen molar-refractivity contribution < 1.29 is 9.47 Å². The minimum Gasteiger partial charge on any atom is -0.491 e. The Kier molecular flexibility index (Phi) is 8.92. The Balaban J connectivity index is 1.85. The van der Waals surface area contributed by atoms with Crippen LogP contribution in [-0.2, 0) is 23.1 Å². The zero-order valence-electron chi connectivity index (χ0n) is 18.5. The first-order valence-corrected chi connectivity index (χ1v) is 10.8. The summed E-state index contributed by atoms with van der Waals surface area (Å²) < 4.78 is 10.9. The van der Waals surface area contributed by atoms with Crippen LogP contribution in [0, 0.1) is 6.92 Å². The number of nitrogens with one attached hydrogen (secondary N) is 2. The lowest BCUT2D eigenvalue weighted by atomic mass is 9.93. The molecule has 1 heterocycles. The summed E-state index contributed by atoms with van der Waals surface area (Å²) in [5.41, 5.74) is 3.50. The maximum Gasteiger partial charge on any atom is 0.191 e. The van der Waals surface area contributed by atoms with E-state index >= 15 is 0 Å². The number of methoxy groups -OCH3 is 1. The fraction of sp³-hybridized carbons (Fsp3) is 0.545. The van der Waals surface area contributed by atoms with Crippen LogP contribution in [0.25, 0.3) is 0 Å². The Morgan fingerprint density at radius 2 is 2.00 bits per heavy atom. The summed E-state index contributed by atoms with van der Waals surface area (Å²) in [5.74, 6) is 1.64. The van der Waals surface area contributed by atoms with Gasteiger partial charge in [0.1, 0.15) is 12.4 Å². The van der Waals surface area contributed by atoms with Crippen molar-refractivity contribution in [3.8, 4) is 5.75 Å². The van der Waals surface area contributed by atoms with Crippen molar-refractivity contribution in [2.45, 2.75) is 46.1 Å². The summed E-state index contributed by atoms with van der Waals surface area (Å²) in [6.45, 7) is 11.1. The zero-order chi connectivity index (χ0) is 21.3. The Hall–Kier alpha value is -2.12. The summed E-state index contributed by atoms with van der Waals surface area (Å²) in [6.07, 6.45) is 0.872. The van der Waals surface area contributed by atoms with Gasteiger partial charge in [0.2, 0.25) is 0 Å². The van der Waals surface area contributed by atoms with E-state index in [0.29, 0.717) is 19.8 Å². The molecule has 2 N–H and O–H groups in total. The number of hydrogen-bond acceptors (Lipinski definition) is 5. The molecule has 0 saturated carbocycles. The summed E-state index contributed by atoms with van der Waals surface area (Å²) in [6, 6.07) is 6.23. The van der Waals surface area contributed by atoms with Gasteiger partial charge in [0.15, 0.2) is 5.96 Å². The van der Waals surface area contributed by atoms with Gasteiger partial charge in [-0.3, -0.25) is 4.99 Å². The molecule has 0 aliphatic carbocycles. The standard InChI is InChI=1S/C22H34N4O2S/c1-16-7-8-17(18(13-16)28-12-11-27-6)14-25-21(23-5)24-10-9-20-26-19(15-29-20)22(2,3)4/h7-8,13,15H,9-12,14H2,1-6H3,(H2,23,24,25). The predicted molar refractivity (Wildman–Crippen MR) is 121 cm³/mol. The van der Waals surface area contributed by atoms with E-state index in [-0.39, 0.29) is 5.41 Å². The molecule has 2 rings (SSSR count). The van der Waals surface area contributed by atoms with Gasteiger partial charge in [0, 0.05) is 50.0 Å². The molecule has 0 saturated heterocycles. The van der Waals surface area contributed by atoms with E-state index in [1.165, 1.54) is 5.56 Å². The summed E-state index contributed by atoms with van der Waals surface area (Å²) in [7, 11) is 3.45. The maximum atomic E-state index is 5.86. The number of ether oxygens (including phenoxy) is 2. The van der Waals surface area contributed by atoms with E-state index < -0.39 is 0 Å². The van der Waals surface area contributed by atoms with E-state index in [2.05, 4.69) is 66.9 Å². The number of aromatic nitrogens is 1. The average Bonchev–Trinajstić information content (AvgIpc) is 3.15. The summed E-state index contributed by atoms with van der Waals surface area (Å²) in [4.78, 5) is 9.06. The van der Waals surface area contributed by atoms with E-state index in [1.54, 1.807) is 25.5 Å². The third-order valence-electron chi connectivity index (χ3n) is 4.39. The van der Waals surface area contributed by atoms with Crippen molar-refractivity contribution in [3.63, 3.8) is 0 Å². The van der Waals surface area contributed by atoms with Gasteiger partial charge >= 0.3 is 0 Å². The lowest BCUT2D eigenvalue weighted by molar-refractivity contribution is 0.145. The van der Waals surface area contributed by atoms with Crippen LogP contribution in [-0.4, -0.2) is 44.9 Å². The highest BCUT2D eigenvalue weighted by Gasteiger charge is 2.17. The quantitative estimate of drug-likeness (QED) is 0.369. The molecule has 2 aromatic rings. The highest BCUT2D eigenvalue weighted by molar-refractivity contribution is 7.09. The molecular formula is C22H34N4O2S. The largest absolute Gasteiger partial charge is 0.491 e. The van der Waals surface area contributed by atoms with Crippen molar-refractivity contribution in [1.29, 1.82) is 0 Å². The molecule has 0 bridgehead atoms. The molecule has 0 radical (unpaired) electrons. The fourth-order valence-electron chi connectivity index (χ4n) is 2.63. The lowest BCUT2D eigenvalue weighted by Crippen LogP contribution is -2.38. The molecule has 0 fully saturated rings. The molecular weight excluding hydrogens is 384 g/mol. The molecule has 0 unspecified atom stereocenters. The predicted octanol–water partition coefficient (Wildman–Crippen LogP) is 3.68. The second kappa shape index (κ2) is 11.2. The average molecular weight is 419 g/mol. The molecule has 6 nitrogen and oxygen atoms in total. The molecule has 0 amide bonds. The molecule has 1 aromatic carbocycles. The topological polar surface area (TPSA) is 67.8 Å². The Labute approximate surface area is 178 Å². The third-order valence-corrected chi connectivity index (χ3v) is 5.30. The zero-order valence-corrected chi connectivity index (χ0v) is 19.3. The Morgan fingerprint density at radius 3 is 2.66 bits per heavy atom. The molecule has 160 valence electrons. The van der Waals surface area contributed by atoms with Crippen LogP contribution in [0.4, 0.5) is 0 Å². The van der Waals surface area contributed by atoms with Crippen molar-refractivity contribution in [2.24, 2.45) is 4.99 Å². The normalized spacial score (nSPS) is 12.1. The van der Waals surface area contributed by atoms with E-state index in [0.717, 1.165) is 40.9 Å². The number of hydrogen-bond donors (Lipinski definition) is 2. The number of benzene rings is 1. The van der Waals surface area contributed by atoms with Crippen LogP contribution in [0.15, 0.2) is 28.6 Å². The first kappa shape index (κ1) is 23.2. The van der Waals surface area contributed by atoms with Gasteiger partial charge in [-0.2, -0.15) is 0 Å². The molecule has 1 aromatic heterocycles. The maximum absolute atomic E-state index is 5.86. The molecule has 29 heavy (non-hydrogen) atoms. The number of thiazole rings is 1. The minimum atomic E-state index is 0.0941. The lowest BCUT2D eigenvalue weighted by Gasteiger charge is -2.15. The number of guanidine groups is 1. The van der Waals surface area contributed by atoms with Gasteiger partial charge in [0.25, 0.3) is 0 Å². The van der Waals surface area contributed by atoms with Crippen LogP contribution in [0.1, 0.15) is 42.6 Å². The number of rotatable bonds is 9. The van der Waals surface area contributed by atoms with Crippen LogP contribution in [0.3, 0.4) is 0 Å². The third kappa shape index (κ3) is 7.66. The molecule has 0 atom stereocenters. The fourth-order valence-corrected chi connectivity index (χ4v) is 3.66.